The molecule has 0 spiro atoms. The molecule has 0 aromatic heterocycles. The van der Waals surface area contributed by atoms with Crippen LogP contribution in [0.3, 0.4) is 0 Å². The van der Waals surface area contributed by atoms with Crippen molar-refractivity contribution < 1.29 is 8.42 Å². The SMILES string of the molecule is CNCC(C1CC1)C1CCS1(=O)=O. The summed E-state index contributed by atoms with van der Waals surface area (Å²) >= 11 is 0. The van der Waals surface area contributed by atoms with E-state index in [1.165, 1.54) is 12.8 Å². The minimum Gasteiger partial charge on any atom is -0.319 e. The average molecular weight is 203 g/mol. The molecule has 0 amide bonds. The van der Waals surface area contributed by atoms with Crippen LogP contribution in [0, 0.1) is 11.8 Å². The third-order valence-corrected chi connectivity index (χ3v) is 5.61. The van der Waals surface area contributed by atoms with Crippen LogP contribution in [0.5, 0.6) is 0 Å². The van der Waals surface area contributed by atoms with Crippen molar-refractivity contribution in [2.45, 2.75) is 24.5 Å². The van der Waals surface area contributed by atoms with Gasteiger partial charge in [-0.2, -0.15) is 0 Å². The van der Waals surface area contributed by atoms with Crippen LogP contribution < -0.4 is 5.32 Å². The Labute approximate surface area is 79.8 Å². The zero-order chi connectivity index (χ0) is 9.47. The fourth-order valence-electron chi connectivity index (χ4n) is 2.29. The maximum Gasteiger partial charge on any atom is 0.153 e. The Morgan fingerprint density at radius 2 is 2.08 bits per heavy atom. The molecule has 13 heavy (non-hydrogen) atoms. The smallest absolute Gasteiger partial charge is 0.153 e. The summed E-state index contributed by atoms with van der Waals surface area (Å²) in [4.78, 5) is 0. The van der Waals surface area contributed by atoms with Gasteiger partial charge in [-0.25, -0.2) is 8.42 Å². The van der Waals surface area contributed by atoms with E-state index < -0.39 is 9.84 Å². The fourth-order valence-corrected chi connectivity index (χ4v) is 4.03. The van der Waals surface area contributed by atoms with Gasteiger partial charge in [0.05, 0.1) is 11.0 Å². The fraction of sp³-hybridized carbons (Fsp3) is 1.00. The van der Waals surface area contributed by atoms with E-state index in [4.69, 9.17) is 0 Å². The van der Waals surface area contributed by atoms with Gasteiger partial charge >= 0.3 is 0 Å². The van der Waals surface area contributed by atoms with Crippen LogP contribution in [0.25, 0.3) is 0 Å². The van der Waals surface area contributed by atoms with Crippen molar-refractivity contribution in [2.24, 2.45) is 11.8 Å². The van der Waals surface area contributed by atoms with Crippen LogP contribution in [0.15, 0.2) is 0 Å². The molecule has 2 rings (SSSR count). The summed E-state index contributed by atoms with van der Waals surface area (Å²) in [5.74, 6) is 1.50. The first kappa shape index (κ1) is 9.46. The van der Waals surface area contributed by atoms with Crippen molar-refractivity contribution in [3.05, 3.63) is 0 Å². The normalized spacial score (nSPS) is 33.8. The molecule has 1 aliphatic heterocycles. The van der Waals surface area contributed by atoms with Crippen molar-refractivity contribution in [3.63, 3.8) is 0 Å². The van der Waals surface area contributed by atoms with Crippen LogP contribution >= 0.6 is 0 Å². The third-order valence-electron chi connectivity index (χ3n) is 3.29. The van der Waals surface area contributed by atoms with Crippen LogP contribution in [-0.2, 0) is 9.84 Å². The Bertz CT molecular complexity index is 282. The molecule has 2 aliphatic rings. The van der Waals surface area contributed by atoms with Gasteiger partial charge < -0.3 is 5.32 Å². The van der Waals surface area contributed by atoms with E-state index in [0.717, 1.165) is 13.0 Å². The van der Waals surface area contributed by atoms with Gasteiger partial charge in [0.2, 0.25) is 0 Å². The summed E-state index contributed by atoms with van der Waals surface area (Å²) in [5, 5.41) is 3.09. The lowest BCUT2D eigenvalue weighted by atomic mass is 9.97. The molecule has 0 aromatic carbocycles. The first-order valence-corrected chi connectivity index (χ1v) is 6.73. The maximum absolute atomic E-state index is 11.4. The van der Waals surface area contributed by atoms with Gasteiger partial charge in [-0.3, -0.25) is 0 Å². The first-order valence-electron chi connectivity index (χ1n) is 5.01. The minimum absolute atomic E-state index is 0.0209. The predicted molar refractivity (Wildman–Crippen MR) is 52.3 cm³/mol. The van der Waals surface area contributed by atoms with E-state index in [1.54, 1.807) is 0 Å². The highest BCUT2D eigenvalue weighted by molar-refractivity contribution is 7.93. The van der Waals surface area contributed by atoms with Crippen molar-refractivity contribution in [1.29, 1.82) is 0 Å². The average Bonchev–Trinajstić information content (AvgIpc) is 2.84. The number of hydrogen-bond acceptors (Lipinski definition) is 3. The van der Waals surface area contributed by atoms with E-state index in [2.05, 4.69) is 5.32 Å². The van der Waals surface area contributed by atoms with Crippen molar-refractivity contribution in [2.75, 3.05) is 19.3 Å². The van der Waals surface area contributed by atoms with Crippen LogP contribution in [0.1, 0.15) is 19.3 Å². The zero-order valence-electron chi connectivity index (χ0n) is 7.99. The molecule has 1 saturated carbocycles. The molecule has 1 saturated heterocycles. The highest BCUT2D eigenvalue weighted by Gasteiger charge is 2.46. The number of nitrogens with one attached hydrogen (secondary N) is 1. The second-order valence-corrected chi connectivity index (χ2v) is 6.59. The second kappa shape index (κ2) is 3.24. The minimum atomic E-state index is -2.69. The largest absolute Gasteiger partial charge is 0.319 e. The lowest BCUT2D eigenvalue weighted by Crippen LogP contribution is -2.46. The van der Waals surface area contributed by atoms with Crippen molar-refractivity contribution in [3.8, 4) is 0 Å². The molecular weight excluding hydrogens is 186 g/mol. The van der Waals surface area contributed by atoms with Gasteiger partial charge in [0.1, 0.15) is 0 Å². The topological polar surface area (TPSA) is 46.2 Å². The Morgan fingerprint density at radius 3 is 2.38 bits per heavy atom. The lowest BCUT2D eigenvalue weighted by Gasteiger charge is -2.33. The van der Waals surface area contributed by atoms with Crippen molar-refractivity contribution >= 4 is 9.84 Å². The standard InChI is InChI=1S/C9H17NO2S/c1-10-6-8(7-2-3-7)9-4-5-13(9,11)12/h7-10H,2-6H2,1H3. The summed E-state index contributed by atoms with van der Waals surface area (Å²) < 4.78 is 22.9. The second-order valence-electron chi connectivity index (χ2n) is 4.25. The van der Waals surface area contributed by atoms with E-state index in [-0.39, 0.29) is 5.25 Å². The van der Waals surface area contributed by atoms with Gasteiger partial charge in [-0.15, -0.1) is 0 Å². The van der Waals surface area contributed by atoms with Gasteiger partial charge in [-0.05, 0) is 44.7 Å². The van der Waals surface area contributed by atoms with E-state index >= 15 is 0 Å². The highest BCUT2D eigenvalue weighted by atomic mass is 32.2. The molecule has 2 atom stereocenters. The molecule has 2 unspecified atom stereocenters. The number of sulfone groups is 1. The Kier molecular flexibility index (Phi) is 2.36. The molecule has 1 aliphatic carbocycles. The lowest BCUT2D eigenvalue weighted by molar-refractivity contribution is 0.383. The highest BCUT2D eigenvalue weighted by Crippen LogP contribution is 2.43. The van der Waals surface area contributed by atoms with Crippen LogP contribution in [0.2, 0.25) is 0 Å². The van der Waals surface area contributed by atoms with Crippen LogP contribution in [-0.4, -0.2) is 33.0 Å². The van der Waals surface area contributed by atoms with E-state index in [0.29, 0.717) is 17.6 Å². The Hall–Kier alpha value is -0.0900. The van der Waals surface area contributed by atoms with Crippen LogP contribution in [0.4, 0.5) is 0 Å². The van der Waals surface area contributed by atoms with Gasteiger partial charge in [0.15, 0.2) is 9.84 Å². The molecule has 0 aromatic rings. The number of hydrogen-bond donors (Lipinski definition) is 1. The summed E-state index contributed by atoms with van der Waals surface area (Å²) in [6.07, 6.45) is 3.36. The summed E-state index contributed by atoms with van der Waals surface area (Å²) in [6.45, 7) is 0.870. The zero-order valence-corrected chi connectivity index (χ0v) is 8.81. The molecule has 1 N–H and O–H groups in total. The van der Waals surface area contributed by atoms with Gasteiger partial charge in [0.25, 0.3) is 0 Å². The monoisotopic (exact) mass is 203 g/mol. The molecular formula is C9H17NO2S. The quantitative estimate of drug-likeness (QED) is 0.720. The van der Waals surface area contributed by atoms with E-state index in [9.17, 15) is 8.42 Å². The van der Waals surface area contributed by atoms with Gasteiger partial charge in [0, 0.05) is 0 Å². The predicted octanol–water partition coefficient (Wildman–Crippen LogP) is 0.419. The molecule has 76 valence electrons. The van der Waals surface area contributed by atoms with Crippen molar-refractivity contribution in [1.82, 2.24) is 5.32 Å². The summed E-state index contributed by atoms with van der Waals surface area (Å²) in [5.41, 5.74) is 0. The first-order chi connectivity index (χ1) is 6.15. The number of rotatable bonds is 4. The van der Waals surface area contributed by atoms with Gasteiger partial charge in [-0.1, -0.05) is 0 Å². The summed E-state index contributed by atoms with van der Waals surface area (Å²) in [7, 11) is -0.785. The Morgan fingerprint density at radius 1 is 1.38 bits per heavy atom. The maximum atomic E-state index is 11.4. The van der Waals surface area contributed by atoms with E-state index in [1.807, 2.05) is 7.05 Å². The molecule has 4 heteroatoms. The molecule has 0 radical (unpaired) electrons. The molecule has 3 nitrogen and oxygen atoms in total. The Balaban J connectivity index is 2.03. The molecule has 0 bridgehead atoms. The third kappa shape index (κ3) is 1.74. The molecule has 2 fully saturated rings. The summed E-state index contributed by atoms with van der Waals surface area (Å²) in [6, 6.07) is 0. The molecule has 1 heterocycles.